The Bertz CT molecular complexity index is 278. The third-order valence-electron chi connectivity index (χ3n) is 1.47. The van der Waals surface area contributed by atoms with Gasteiger partial charge in [0.05, 0.1) is 0 Å². The number of ether oxygens (including phenoxy) is 2. The van der Waals surface area contributed by atoms with Crippen molar-refractivity contribution in [3.05, 3.63) is 0 Å². The first-order valence-electron chi connectivity index (χ1n) is 4.77. The standard InChI is InChI=1S/C10H16N2O4/c1-7(15-9(13)11-3)5-6-8(2)16-10(14)12-4/h7-8H,1-4H3,(H,11,13)(H,12,14). The molecule has 0 rings (SSSR count). The summed E-state index contributed by atoms with van der Waals surface area (Å²) < 4.78 is 9.60. The SMILES string of the molecule is CNC(=O)OC(C)C#CC(C)OC(=O)NC. The molecule has 16 heavy (non-hydrogen) atoms. The zero-order valence-corrected chi connectivity index (χ0v) is 9.79. The minimum atomic E-state index is -0.560. The van der Waals surface area contributed by atoms with Gasteiger partial charge in [0, 0.05) is 14.1 Å². The first-order chi connectivity index (χ1) is 7.49. The van der Waals surface area contributed by atoms with Crippen LogP contribution in [0, 0.1) is 11.8 Å². The molecule has 90 valence electrons. The molecule has 0 saturated carbocycles. The van der Waals surface area contributed by atoms with Gasteiger partial charge in [0.2, 0.25) is 0 Å². The van der Waals surface area contributed by atoms with Crippen molar-refractivity contribution in [2.24, 2.45) is 0 Å². The van der Waals surface area contributed by atoms with Crippen LogP contribution >= 0.6 is 0 Å². The Hall–Kier alpha value is -1.90. The number of carbonyl (C=O) groups excluding carboxylic acids is 2. The van der Waals surface area contributed by atoms with Gasteiger partial charge in [-0.3, -0.25) is 0 Å². The van der Waals surface area contributed by atoms with E-state index >= 15 is 0 Å². The van der Waals surface area contributed by atoms with E-state index < -0.39 is 24.4 Å². The minimum Gasteiger partial charge on any atom is -0.433 e. The Balaban J connectivity index is 4.07. The number of alkyl carbamates (subject to hydrolysis) is 2. The first-order valence-corrected chi connectivity index (χ1v) is 4.77. The molecule has 0 aliphatic heterocycles. The summed E-state index contributed by atoms with van der Waals surface area (Å²) >= 11 is 0. The number of carbonyl (C=O) groups is 2. The van der Waals surface area contributed by atoms with Gasteiger partial charge in [0.1, 0.15) is 0 Å². The minimum absolute atomic E-state index is 0.554. The molecule has 0 fully saturated rings. The molecule has 2 unspecified atom stereocenters. The van der Waals surface area contributed by atoms with Crippen molar-refractivity contribution in [3.8, 4) is 11.8 Å². The molecule has 6 nitrogen and oxygen atoms in total. The zero-order valence-electron chi connectivity index (χ0n) is 9.79. The van der Waals surface area contributed by atoms with Crippen LogP contribution in [0.25, 0.3) is 0 Å². The van der Waals surface area contributed by atoms with Crippen LogP contribution in [0.1, 0.15) is 13.8 Å². The highest BCUT2D eigenvalue weighted by Gasteiger charge is 2.06. The van der Waals surface area contributed by atoms with Crippen molar-refractivity contribution < 1.29 is 19.1 Å². The van der Waals surface area contributed by atoms with Crippen molar-refractivity contribution in [1.29, 1.82) is 0 Å². The molecule has 0 aromatic heterocycles. The summed E-state index contributed by atoms with van der Waals surface area (Å²) in [5.74, 6) is 5.28. The summed E-state index contributed by atoms with van der Waals surface area (Å²) in [7, 11) is 2.92. The number of rotatable bonds is 2. The van der Waals surface area contributed by atoms with Gasteiger partial charge in [0.25, 0.3) is 0 Å². The Labute approximate surface area is 94.7 Å². The van der Waals surface area contributed by atoms with Gasteiger partial charge in [-0.1, -0.05) is 11.8 Å². The van der Waals surface area contributed by atoms with Crippen LogP contribution in [-0.2, 0) is 9.47 Å². The van der Waals surface area contributed by atoms with E-state index in [1.807, 2.05) is 0 Å². The van der Waals surface area contributed by atoms with E-state index in [-0.39, 0.29) is 0 Å². The van der Waals surface area contributed by atoms with Crippen LogP contribution < -0.4 is 10.6 Å². The highest BCUT2D eigenvalue weighted by Crippen LogP contribution is 1.92. The molecule has 0 aliphatic carbocycles. The van der Waals surface area contributed by atoms with E-state index in [4.69, 9.17) is 9.47 Å². The Kier molecular flexibility index (Phi) is 6.52. The summed E-state index contributed by atoms with van der Waals surface area (Å²) in [4.78, 5) is 21.6. The van der Waals surface area contributed by atoms with Crippen molar-refractivity contribution in [2.45, 2.75) is 26.1 Å². The van der Waals surface area contributed by atoms with E-state index in [0.29, 0.717) is 0 Å². The van der Waals surface area contributed by atoms with Gasteiger partial charge in [-0.05, 0) is 13.8 Å². The molecule has 0 radical (unpaired) electrons. The summed E-state index contributed by atoms with van der Waals surface area (Å²) in [5.41, 5.74) is 0. The van der Waals surface area contributed by atoms with Crippen LogP contribution in [0.4, 0.5) is 9.59 Å². The van der Waals surface area contributed by atoms with Gasteiger partial charge >= 0.3 is 12.2 Å². The number of amides is 2. The van der Waals surface area contributed by atoms with Gasteiger partial charge in [-0.25, -0.2) is 9.59 Å². The van der Waals surface area contributed by atoms with Crippen LogP contribution in [-0.4, -0.2) is 38.5 Å². The van der Waals surface area contributed by atoms with E-state index in [9.17, 15) is 9.59 Å². The second-order valence-electron chi connectivity index (χ2n) is 2.88. The third kappa shape index (κ3) is 6.54. The molecule has 2 N–H and O–H groups in total. The third-order valence-corrected chi connectivity index (χ3v) is 1.47. The van der Waals surface area contributed by atoms with E-state index in [1.165, 1.54) is 14.1 Å². The van der Waals surface area contributed by atoms with Crippen molar-refractivity contribution in [1.82, 2.24) is 10.6 Å². The molecule has 0 bridgehead atoms. The van der Waals surface area contributed by atoms with Crippen molar-refractivity contribution in [3.63, 3.8) is 0 Å². The molecule has 0 aliphatic rings. The van der Waals surface area contributed by atoms with Crippen molar-refractivity contribution in [2.75, 3.05) is 14.1 Å². The second kappa shape index (κ2) is 7.40. The van der Waals surface area contributed by atoms with Crippen LogP contribution in [0.3, 0.4) is 0 Å². The topological polar surface area (TPSA) is 76.7 Å². The lowest BCUT2D eigenvalue weighted by molar-refractivity contribution is 0.128. The van der Waals surface area contributed by atoms with E-state index in [2.05, 4.69) is 22.5 Å². The molecular formula is C10H16N2O4. The average molecular weight is 228 g/mol. The van der Waals surface area contributed by atoms with Gasteiger partial charge < -0.3 is 20.1 Å². The highest BCUT2D eigenvalue weighted by atomic mass is 16.6. The predicted octanol–water partition coefficient (Wildman–Crippen LogP) is 0.479. The molecule has 2 amide bonds. The molecular weight excluding hydrogens is 212 g/mol. The lowest BCUT2D eigenvalue weighted by Gasteiger charge is -2.08. The molecule has 0 saturated heterocycles. The fourth-order valence-corrected chi connectivity index (χ4v) is 0.733. The highest BCUT2D eigenvalue weighted by molar-refractivity contribution is 5.67. The fourth-order valence-electron chi connectivity index (χ4n) is 0.733. The maximum Gasteiger partial charge on any atom is 0.408 e. The molecule has 0 aromatic carbocycles. The fraction of sp³-hybridized carbons (Fsp3) is 0.600. The Morgan fingerprint density at radius 1 is 0.938 bits per heavy atom. The summed E-state index contributed by atoms with van der Waals surface area (Å²) in [6, 6.07) is 0. The van der Waals surface area contributed by atoms with Gasteiger partial charge in [0.15, 0.2) is 12.2 Å². The maximum atomic E-state index is 10.8. The average Bonchev–Trinajstić information content (AvgIpc) is 2.26. The van der Waals surface area contributed by atoms with Gasteiger partial charge in [-0.15, -0.1) is 0 Å². The quantitative estimate of drug-likeness (QED) is 0.674. The normalized spacial score (nSPS) is 12.5. The number of hydrogen-bond acceptors (Lipinski definition) is 4. The number of hydrogen-bond donors (Lipinski definition) is 2. The summed E-state index contributed by atoms with van der Waals surface area (Å²) in [5, 5.41) is 4.60. The van der Waals surface area contributed by atoms with Crippen molar-refractivity contribution >= 4 is 12.2 Å². The number of nitrogens with one attached hydrogen (secondary N) is 2. The lowest BCUT2D eigenvalue weighted by atomic mass is 10.3. The molecule has 0 heterocycles. The lowest BCUT2D eigenvalue weighted by Crippen LogP contribution is -2.25. The molecule has 0 aromatic rings. The molecule has 2 atom stereocenters. The first kappa shape index (κ1) is 14.1. The zero-order chi connectivity index (χ0) is 12.6. The summed E-state index contributed by atoms with van der Waals surface area (Å²) in [6.45, 7) is 3.24. The monoisotopic (exact) mass is 228 g/mol. The van der Waals surface area contributed by atoms with Gasteiger partial charge in [-0.2, -0.15) is 0 Å². The predicted molar refractivity (Wildman–Crippen MR) is 57.8 cm³/mol. The van der Waals surface area contributed by atoms with Crippen LogP contribution in [0.5, 0.6) is 0 Å². The van der Waals surface area contributed by atoms with E-state index in [1.54, 1.807) is 13.8 Å². The second-order valence-corrected chi connectivity index (χ2v) is 2.88. The maximum absolute atomic E-state index is 10.8. The van der Waals surface area contributed by atoms with E-state index in [0.717, 1.165) is 0 Å². The van der Waals surface area contributed by atoms with Crippen LogP contribution in [0.15, 0.2) is 0 Å². The largest absolute Gasteiger partial charge is 0.433 e. The summed E-state index contributed by atoms with van der Waals surface area (Å²) in [6.07, 6.45) is -2.23. The van der Waals surface area contributed by atoms with Crippen LogP contribution in [0.2, 0.25) is 0 Å². The molecule has 6 heteroatoms. The molecule has 0 spiro atoms. The smallest absolute Gasteiger partial charge is 0.408 e. The Morgan fingerprint density at radius 3 is 1.50 bits per heavy atom. The Morgan fingerprint density at radius 2 is 1.25 bits per heavy atom.